The number of para-hydroxylation sites is 3. The lowest BCUT2D eigenvalue weighted by molar-refractivity contribution is -0.0522. The Labute approximate surface area is 723 Å². The van der Waals surface area contributed by atoms with Crippen LogP contribution in [0.5, 0.6) is 28.7 Å². The number of carbonyl (C=O) groups excluding carboxylic acids is 3. The summed E-state index contributed by atoms with van der Waals surface area (Å²) in [6, 6.07) is 108. The minimum atomic E-state index is -0.559. The topological polar surface area (TPSA) is 272 Å². The summed E-state index contributed by atoms with van der Waals surface area (Å²) in [5.74, 6) is 5.32. The summed E-state index contributed by atoms with van der Waals surface area (Å²) in [5, 5.41) is 28.9. The third kappa shape index (κ3) is 23.7. The molecule has 9 N–H and O–H groups in total. The maximum Gasteiger partial charge on any atom is 0.418 e. The zero-order valence-corrected chi connectivity index (χ0v) is 70.5. The summed E-state index contributed by atoms with van der Waals surface area (Å²) in [7, 11) is 0. The number of anilines is 7. The Morgan fingerprint density at radius 1 is 0.325 bits per heavy atom. The highest BCUT2D eigenvalue weighted by molar-refractivity contribution is 7.99. The molecule has 0 bridgehead atoms. The van der Waals surface area contributed by atoms with Gasteiger partial charge in [-0.15, -0.1) is 0 Å². The second-order valence-corrected chi connectivity index (χ2v) is 32.8. The molecule has 6 heterocycles. The number of carbonyl (C=O) groups is 3. The van der Waals surface area contributed by atoms with Crippen LogP contribution >= 0.6 is 23.5 Å². The van der Waals surface area contributed by atoms with Crippen molar-refractivity contribution >= 4 is 81.9 Å². The largest absolute Gasteiger partial charge is 0.457 e. The van der Waals surface area contributed by atoms with Crippen LogP contribution in [-0.4, -0.2) is 87.1 Å². The molecule has 3 fully saturated rings. The normalized spacial score (nSPS) is 13.4. The van der Waals surface area contributed by atoms with E-state index in [1.165, 1.54) is 14.7 Å². The fourth-order valence-electron chi connectivity index (χ4n) is 12.7. The van der Waals surface area contributed by atoms with Crippen molar-refractivity contribution in [1.29, 1.82) is 0 Å². The number of benzene rings is 12. The first-order valence-electron chi connectivity index (χ1n) is 40.0. The van der Waals surface area contributed by atoms with E-state index in [9.17, 15) is 14.4 Å². The van der Waals surface area contributed by atoms with Crippen molar-refractivity contribution in [1.82, 2.24) is 29.3 Å². The zero-order chi connectivity index (χ0) is 85.6. The molecule has 24 heteroatoms. The van der Waals surface area contributed by atoms with Crippen LogP contribution in [0, 0.1) is 20.8 Å². The van der Waals surface area contributed by atoms with Crippen molar-refractivity contribution in [2.45, 2.75) is 77.4 Å². The van der Waals surface area contributed by atoms with E-state index >= 15 is 0 Å². The summed E-state index contributed by atoms with van der Waals surface area (Å²) >= 11 is 3.42. The highest BCUT2D eigenvalue weighted by Crippen LogP contribution is 2.38. The van der Waals surface area contributed by atoms with Crippen LogP contribution in [0.25, 0.3) is 17.1 Å². The molecule has 0 radical (unpaired) electrons. The summed E-state index contributed by atoms with van der Waals surface area (Å²) < 4.78 is 38.2. The molecule has 3 aromatic heterocycles. The molecule has 0 atom stereocenters. The molecule has 3 saturated heterocycles. The molecule has 15 aromatic rings. The Morgan fingerprint density at radius 2 is 0.593 bits per heavy atom. The van der Waals surface area contributed by atoms with Crippen molar-refractivity contribution in [3.63, 3.8) is 0 Å². The van der Waals surface area contributed by atoms with Crippen molar-refractivity contribution in [3.8, 4) is 45.8 Å². The van der Waals surface area contributed by atoms with Gasteiger partial charge >= 0.3 is 18.2 Å². The molecular formula is C99H95N13O9S2. The molecular weight excluding hydrogens is 1580 g/mol. The van der Waals surface area contributed by atoms with E-state index < -0.39 is 6.09 Å². The monoisotopic (exact) mass is 1670 g/mol. The minimum absolute atomic E-state index is 0.143. The van der Waals surface area contributed by atoms with Gasteiger partial charge < -0.3 is 50.5 Å². The number of nitrogens with one attached hydrogen (secondary N) is 5. The maximum atomic E-state index is 12.8. The van der Waals surface area contributed by atoms with Crippen molar-refractivity contribution in [2.75, 3.05) is 77.7 Å². The minimum Gasteiger partial charge on any atom is -0.457 e. The predicted molar refractivity (Wildman–Crippen MR) is 490 cm³/mol. The number of urea groups is 2. The zero-order valence-electron chi connectivity index (χ0n) is 68.9. The van der Waals surface area contributed by atoms with Crippen LogP contribution in [-0.2, 0) is 30.5 Å². The summed E-state index contributed by atoms with van der Waals surface area (Å²) in [6.45, 7) is 16.1. The van der Waals surface area contributed by atoms with Gasteiger partial charge in [0.15, 0.2) is 0 Å². The molecule has 0 saturated carbocycles. The Balaban J connectivity index is 0.000000131. The van der Waals surface area contributed by atoms with E-state index in [0.717, 1.165) is 90.0 Å². The molecule has 123 heavy (non-hydrogen) atoms. The average molecular weight is 1680 g/mol. The number of nitrogens with two attached hydrogens (primary N) is 2. The van der Waals surface area contributed by atoms with Gasteiger partial charge in [0.1, 0.15) is 46.2 Å². The third-order valence-corrected chi connectivity index (χ3v) is 21.9. The molecule has 0 unspecified atom stereocenters. The maximum absolute atomic E-state index is 12.8. The summed E-state index contributed by atoms with van der Waals surface area (Å²) in [4.78, 5) is 42.8. The van der Waals surface area contributed by atoms with Gasteiger partial charge in [-0.2, -0.15) is 15.3 Å². The number of amides is 5. The highest BCUT2D eigenvalue weighted by atomic mass is 32.2. The molecule has 3 aliphatic heterocycles. The Bertz CT molecular complexity index is 5640. The molecule has 0 spiro atoms. The SMILES string of the molecule is Cc1ccc(-n2nc(C3(C)COC3)cc2NC(=O)Nc2ccc(Oc3ccccc3)cc2)cc1.Cc1ccc(-n2nc(C3(C)COC3)cc2NC(=O)Nc2ccc(Sc3ccccc3)cc2)cc1.Cc1ccc(-n2nc(C3(C)COC3)cc2NC(=O)Oc2ccccc2)cc1.Nc1ccc(Oc2ccccc2)cc1.Nc1ccc(Sc2ccccc2)cc1. The van der Waals surface area contributed by atoms with Crippen LogP contribution in [0.4, 0.5) is 54.6 Å². The smallest absolute Gasteiger partial charge is 0.418 e. The van der Waals surface area contributed by atoms with Gasteiger partial charge in [-0.3, -0.25) is 16.0 Å². The number of ether oxygens (including phenoxy) is 6. The third-order valence-electron chi connectivity index (χ3n) is 19.9. The lowest BCUT2D eigenvalue weighted by Crippen LogP contribution is -2.44. The second-order valence-electron chi connectivity index (χ2n) is 30.5. The molecule has 3 aliphatic rings. The van der Waals surface area contributed by atoms with E-state index in [-0.39, 0.29) is 28.3 Å². The van der Waals surface area contributed by atoms with Crippen LogP contribution in [0.15, 0.2) is 359 Å². The number of hydrogen-bond donors (Lipinski definition) is 7. The fourth-order valence-corrected chi connectivity index (χ4v) is 14.4. The fraction of sp³-hybridized carbons (Fsp3) is 0.152. The first kappa shape index (κ1) is 85.3. The van der Waals surface area contributed by atoms with Crippen LogP contribution < -0.4 is 52.3 Å². The molecule has 18 rings (SSSR count). The quantitative estimate of drug-likeness (QED) is 0.0350. The van der Waals surface area contributed by atoms with Gasteiger partial charge in [-0.05, 0) is 236 Å². The van der Waals surface area contributed by atoms with E-state index in [1.807, 2.05) is 312 Å². The number of rotatable bonds is 20. The average Bonchev–Trinajstić information content (AvgIpc) is 1.67. The number of aryl methyl sites for hydroxylation is 3. The van der Waals surface area contributed by atoms with E-state index in [1.54, 1.807) is 61.8 Å². The van der Waals surface area contributed by atoms with Gasteiger partial charge in [-0.1, -0.05) is 168 Å². The Hall–Kier alpha value is -14.1. The van der Waals surface area contributed by atoms with E-state index in [4.69, 9.17) is 55.2 Å². The lowest BCUT2D eigenvalue weighted by atomic mass is 9.85. The molecule has 22 nitrogen and oxygen atoms in total. The number of nitrogen functional groups attached to an aromatic ring is 2. The standard InChI is InChI=1S/C27H26N4O3.C27H26N4O2S.C21H21N3O3.C12H11NO.C12H11NS/c2*1-19-8-12-21(13-9-19)31-25(16-24(30-31)27(2)17-33-18-27)29-26(32)28-20-10-14-23(15-11-20)34-22-6-4-3-5-7-22;1-15-8-10-16(11-9-15)24-19(12-18(23-24)21(2)13-26-14-21)22-20(25)27-17-6-4-3-5-7-17;2*13-10-6-8-12(9-7-10)14-11-4-2-1-3-5-11/h2*3-16H,17-18H2,1-2H3,(H2,28,29,32);3-12H,13-14H2,1-2H3,(H,22,25);2*1-9H,13H2. The van der Waals surface area contributed by atoms with Crippen molar-refractivity contribution < 1.29 is 42.8 Å². The summed E-state index contributed by atoms with van der Waals surface area (Å²) in [6.07, 6.45) is -0.559. The van der Waals surface area contributed by atoms with Crippen LogP contribution in [0.3, 0.4) is 0 Å². The first-order valence-corrected chi connectivity index (χ1v) is 41.6. The Morgan fingerprint density at radius 3 is 0.919 bits per heavy atom. The summed E-state index contributed by atoms with van der Waals surface area (Å²) in [5.41, 5.74) is 22.4. The van der Waals surface area contributed by atoms with Crippen LogP contribution in [0.2, 0.25) is 0 Å². The first-order chi connectivity index (χ1) is 59.7. The highest BCUT2D eigenvalue weighted by Gasteiger charge is 2.41. The van der Waals surface area contributed by atoms with Crippen molar-refractivity contribution in [3.05, 3.63) is 373 Å². The number of nitrogens with zero attached hydrogens (tertiary/aromatic N) is 6. The van der Waals surface area contributed by atoms with Crippen LogP contribution in [0.1, 0.15) is 54.5 Å². The van der Waals surface area contributed by atoms with Gasteiger partial charge in [0.05, 0.1) is 90.0 Å². The van der Waals surface area contributed by atoms with Gasteiger partial charge in [0, 0.05) is 60.5 Å². The second kappa shape index (κ2) is 40.3. The Kier molecular flexibility index (Phi) is 27.9. The van der Waals surface area contributed by atoms with Crippen molar-refractivity contribution in [2.24, 2.45) is 0 Å². The number of hydrogen-bond acceptors (Lipinski definition) is 16. The van der Waals surface area contributed by atoms with Gasteiger partial charge in [0.2, 0.25) is 0 Å². The van der Waals surface area contributed by atoms with E-state index in [2.05, 4.69) is 71.6 Å². The molecule has 5 amide bonds. The number of aromatic nitrogens is 6. The molecule has 0 aliphatic carbocycles. The lowest BCUT2D eigenvalue weighted by Gasteiger charge is -2.36. The molecule has 12 aromatic carbocycles. The van der Waals surface area contributed by atoms with Gasteiger partial charge in [-0.25, -0.2) is 28.4 Å². The molecule has 622 valence electrons. The van der Waals surface area contributed by atoms with E-state index in [0.29, 0.717) is 74.3 Å². The van der Waals surface area contributed by atoms with Gasteiger partial charge in [0.25, 0.3) is 0 Å². The predicted octanol–water partition coefficient (Wildman–Crippen LogP) is 22.7.